The van der Waals surface area contributed by atoms with E-state index in [-0.39, 0.29) is 35.0 Å². The molecule has 4 rings (SSSR count). The number of carbonyl (C=O) groups is 3. The minimum Gasteiger partial charge on any atom is -0.349 e. The number of rotatable bonds is 13. The van der Waals surface area contributed by atoms with Crippen LogP contribution in [0.1, 0.15) is 113 Å². The minimum absolute atomic E-state index is 0.0650. The van der Waals surface area contributed by atoms with E-state index in [1.54, 1.807) is 16.9 Å². The van der Waals surface area contributed by atoms with Gasteiger partial charge in [-0.25, -0.2) is 13.2 Å². The fourth-order valence-electron chi connectivity index (χ4n) is 7.13. The van der Waals surface area contributed by atoms with E-state index in [1.807, 2.05) is 13.8 Å². The molecule has 2 aliphatic carbocycles. The number of hydrogen-bond acceptors (Lipinski definition) is 5. The van der Waals surface area contributed by atoms with Crippen LogP contribution in [0.25, 0.3) is 0 Å². The Balaban J connectivity index is 1.59. The Hall–Kier alpha value is -3.41. The van der Waals surface area contributed by atoms with E-state index in [0.717, 1.165) is 70.3 Å². The van der Waals surface area contributed by atoms with Crippen LogP contribution in [0.4, 0.5) is 18.9 Å². The summed E-state index contributed by atoms with van der Waals surface area (Å²) >= 11 is 0. The van der Waals surface area contributed by atoms with E-state index in [4.69, 9.17) is 5.73 Å². The molecule has 0 bridgehead atoms. The van der Waals surface area contributed by atoms with Gasteiger partial charge < -0.3 is 21.7 Å². The third-order valence-electron chi connectivity index (χ3n) is 9.70. The Kier molecular flexibility index (Phi) is 12.3. The molecule has 2 saturated carbocycles. The topological polar surface area (TPSA) is 131 Å². The van der Waals surface area contributed by atoms with Gasteiger partial charge in [-0.05, 0) is 62.3 Å². The van der Waals surface area contributed by atoms with Gasteiger partial charge in [0.15, 0.2) is 0 Å². The Bertz CT molecular complexity index is 1320. The van der Waals surface area contributed by atoms with Crippen molar-refractivity contribution in [3.05, 3.63) is 47.5 Å². The van der Waals surface area contributed by atoms with E-state index in [2.05, 4.69) is 21.0 Å². The smallest absolute Gasteiger partial charge is 0.277 e. The van der Waals surface area contributed by atoms with Crippen LogP contribution in [-0.4, -0.2) is 52.6 Å². The quantitative estimate of drug-likeness (QED) is 0.214. The molecule has 3 amide bonds. The molecule has 1 aromatic carbocycles. The summed E-state index contributed by atoms with van der Waals surface area (Å²) in [6.45, 7) is 3.50. The fraction of sp³-hybridized carbons (Fsp3) is 0.647. The zero-order valence-corrected chi connectivity index (χ0v) is 27.2. The number of hydrogen-bond donors (Lipinski definition) is 4. The highest BCUT2D eigenvalue weighted by molar-refractivity contribution is 6.01. The van der Waals surface area contributed by atoms with Gasteiger partial charge in [0.25, 0.3) is 11.8 Å². The summed E-state index contributed by atoms with van der Waals surface area (Å²) in [5.41, 5.74) is 5.56. The normalized spacial score (nSPS) is 17.9. The maximum Gasteiger partial charge on any atom is 0.277 e. The van der Waals surface area contributed by atoms with Crippen molar-refractivity contribution in [2.45, 2.75) is 109 Å². The summed E-state index contributed by atoms with van der Waals surface area (Å²) in [5, 5.41) is 12.3. The molecular formula is C34H49F3N6O3. The molecule has 2 unspecified atom stereocenters. The fourth-order valence-corrected chi connectivity index (χ4v) is 7.13. The van der Waals surface area contributed by atoms with E-state index in [0.29, 0.717) is 5.69 Å². The van der Waals surface area contributed by atoms with Gasteiger partial charge >= 0.3 is 0 Å². The molecule has 0 spiro atoms. The first-order valence-electron chi connectivity index (χ1n) is 16.7. The predicted octanol–water partition coefficient (Wildman–Crippen LogP) is 5.93. The summed E-state index contributed by atoms with van der Waals surface area (Å²) < 4.78 is 44.1. The summed E-state index contributed by atoms with van der Waals surface area (Å²) in [7, 11) is 0. The van der Waals surface area contributed by atoms with Gasteiger partial charge in [-0.3, -0.25) is 19.1 Å². The second-order valence-electron chi connectivity index (χ2n) is 13.3. The lowest BCUT2D eigenvalue weighted by atomic mass is 9.66. The highest BCUT2D eigenvalue weighted by atomic mass is 19.3. The average molecular weight is 647 g/mol. The van der Waals surface area contributed by atoms with Crippen LogP contribution in [0.5, 0.6) is 0 Å². The highest BCUT2D eigenvalue weighted by Gasteiger charge is 2.41. The number of amides is 3. The largest absolute Gasteiger partial charge is 0.349 e. The molecule has 5 N–H and O–H groups in total. The lowest BCUT2D eigenvalue weighted by Crippen LogP contribution is -2.53. The Morgan fingerprint density at radius 3 is 2.11 bits per heavy atom. The maximum absolute atomic E-state index is 15.5. The lowest BCUT2D eigenvalue weighted by Gasteiger charge is -2.42. The SMILES string of the molecule is CC(C(=O)NCC(F)(F)CN)c1ccc(NC(=O)C(NC(=O)c2ccnn2C(C)C)C(C2CCCCC2)C2CCCCC2)c(F)c1. The first kappa shape index (κ1) is 35.4. The standard InChI is InChI=1S/C34H49F3N6O3/c1-21(2)43-28(16-17-40-43)32(45)42-30(29(23-10-6-4-7-11-23)24-12-8-5-9-13-24)33(46)41-27-15-14-25(18-26(27)35)22(3)31(44)39-20-34(36,37)19-38/h14-18,21-24,29-30H,4-13,19-20,38H2,1-3H3,(H,39,44)(H,41,46)(H,42,45). The molecule has 1 aromatic heterocycles. The Morgan fingerprint density at radius 2 is 1.57 bits per heavy atom. The van der Waals surface area contributed by atoms with Gasteiger partial charge in [-0.2, -0.15) is 5.10 Å². The number of nitrogens with two attached hydrogens (primary N) is 1. The summed E-state index contributed by atoms with van der Waals surface area (Å²) in [6.07, 6.45) is 12.0. The minimum atomic E-state index is -3.25. The maximum atomic E-state index is 15.5. The van der Waals surface area contributed by atoms with E-state index in [9.17, 15) is 23.2 Å². The van der Waals surface area contributed by atoms with Crippen LogP contribution >= 0.6 is 0 Å². The molecule has 2 aliphatic rings. The van der Waals surface area contributed by atoms with Crippen LogP contribution in [0.3, 0.4) is 0 Å². The predicted molar refractivity (Wildman–Crippen MR) is 171 cm³/mol. The third-order valence-corrected chi connectivity index (χ3v) is 9.70. The van der Waals surface area contributed by atoms with Gasteiger partial charge in [0.05, 0.1) is 24.7 Å². The second-order valence-corrected chi connectivity index (χ2v) is 13.3. The first-order chi connectivity index (χ1) is 21.9. The van der Waals surface area contributed by atoms with Gasteiger partial charge in [-0.15, -0.1) is 0 Å². The van der Waals surface area contributed by atoms with Gasteiger partial charge in [0.2, 0.25) is 11.8 Å². The number of aromatic nitrogens is 2. The van der Waals surface area contributed by atoms with Crippen LogP contribution in [0.15, 0.2) is 30.5 Å². The van der Waals surface area contributed by atoms with E-state index < -0.39 is 54.5 Å². The molecule has 2 atom stereocenters. The number of nitrogens with zero attached hydrogens (tertiary/aromatic N) is 2. The summed E-state index contributed by atoms with van der Waals surface area (Å²) in [4.78, 5) is 40.4. The molecule has 46 heavy (non-hydrogen) atoms. The lowest BCUT2D eigenvalue weighted by molar-refractivity contribution is -0.124. The van der Waals surface area contributed by atoms with Crippen molar-refractivity contribution in [3.63, 3.8) is 0 Å². The van der Waals surface area contributed by atoms with Crippen molar-refractivity contribution in [3.8, 4) is 0 Å². The van der Waals surface area contributed by atoms with Crippen molar-refractivity contribution in [2.24, 2.45) is 23.5 Å². The number of alkyl halides is 2. The molecule has 1 heterocycles. The monoisotopic (exact) mass is 646 g/mol. The third kappa shape index (κ3) is 8.89. The van der Waals surface area contributed by atoms with Crippen molar-refractivity contribution in [2.75, 3.05) is 18.4 Å². The highest BCUT2D eigenvalue weighted by Crippen LogP contribution is 2.42. The summed E-state index contributed by atoms with van der Waals surface area (Å²) in [5.74, 6) is -6.15. The summed E-state index contributed by atoms with van der Waals surface area (Å²) in [6, 6.07) is 4.64. The molecule has 254 valence electrons. The van der Waals surface area contributed by atoms with Gasteiger partial charge in [-0.1, -0.05) is 70.3 Å². The Labute approximate surface area is 269 Å². The van der Waals surface area contributed by atoms with Crippen LogP contribution < -0.4 is 21.7 Å². The number of halogens is 3. The van der Waals surface area contributed by atoms with Crippen LogP contribution in [-0.2, 0) is 9.59 Å². The Morgan fingerprint density at radius 1 is 0.957 bits per heavy atom. The molecule has 12 heteroatoms. The molecule has 2 aromatic rings. The number of nitrogens with one attached hydrogen (secondary N) is 3. The zero-order valence-electron chi connectivity index (χ0n) is 27.2. The van der Waals surface area contributed by atoms with Crippen LogP contribution in [0, 0.1) is 23.6 Å². The molecule has 9 nitrogen and oxygen atoms in total. The molecular weight excluding hydrogens is 597 g/mol. The zero-order chi connectivity index (χ0) is 33.4. The van der Waals surface area contributed by atoms with Crippen LogP contribution in [0.2, 0.25) is 0 Å². The number of carbonyl (C=O) groups excluding carboxylic acids is 3. The second kappa shape index (κ2) is 15.9. The number of anilines is 1. The van der Waals surface area contributed by atoms with Crippen molar-refractivity contribution in [1.29, 1.82) is 0 Å². The van der Waals surface area contributed by atoms with E-state index >= 15 is 4.39 Å². The average Bonchev–Trinajstić information content (AvgIpc) is 3.56. The van der Waals surface area contributed by atoms with Crippen molar-refractivity contribution >= 4 is 23.4 Å². The first-order valence-corrected chi connectivity index (χ1v) is 16.7. The molecule has 0 radical (unpaired) electrons. The molecule has 2 fully saturated rings. The molecule has 0 aliphatic heterocycles. The van der Waals surface area contributed by atoms with Gasteiger partial charge in [0.1, 0.15) is 17.6 Å². The van der Waals surface area contributed by atoms with Crippen molar-refractivity contribution < 1.29 is 27.6 Å². The molecule has 0 saturated heterocycles. The number of benzene rings is 1. The van der Waals surface area contributed by atoms with Gasteiger partial charge in [0, 0.05) is 12.2 Å². The van der Waals surface area contributed by atoms with E-state index in [1.165, 1.54) is 19.1 Å². The van der Waals surface area contributed by atoms with Crippen molar-refractivity contribution in [1.82, 2.24) is 20.4 Å².